The molecule has 0 spiro atoms. The van der Waals surface area contributed by atoms with Crippen molar-refractivity contribution in [2.24, 2.45) is 17.3 Å². The average molecular weight is 533 g/mol. The Bertz CT molecular complexity index is 863. The summed E-state index contributed by atoms with van der Waals surface area (Å²) in [5, 5.41) is 0. The predicted octanol–water partition coefficient (Wildman–Crippen LogP) is 4.47. The molecule has 0 N–H and O–H groups in total. The SMILES string of the molecule is CCCCCCCCN1C(=O)[C@@H](CC(=O)N2CCOCC2)C[C@@]2(C(=O)OC)C1=C[C@H](C1CCCC1)O[C@@H]2C. The minimum absolute atomic E-state index is 0.0368. The van der Waals surface area contributed by atoms with Gasteiger partial charge in [-0.2, -0.15) is 0 Å². The number of likely N-dealkylation sites (tertiary alicyclic amines) is 1. The second-order valence-corrected chi connectivity index (χ2v) is 11.7. The Labute approximate surface area is 228 Å². The molecule has 0 aromatic rings. The van der Waals surface area contributed by atoms with E-state index < -0.39 is 17.4 Å². The van der Waals surface area contributed by atoms with Crippen molar-refractivity contribution in [2.75, 3.05) is 40.0 Å². The number of piperidine rings is 1. The van der Waals surface area contributed by atoms with Gasteiger partial charge in [0.1, 0.15) is 5.41 Å². The van der Waals surface area contributed by atoms with Gasteiger partial charge in [-0.1, -0.05) is 51.9 Å². The zero-order valence-electron chi connectivity index (χ0n) is 23.8. The van der Waals surface area contributed by atoms with Crippen molar-refractivity contribution in [3.63, 3.8) is 0 Å². The molecule has 4 aliphatic rings. The Kier molecular flexibility index (Phi) is 10.3. The van der Waals surface area contributed by atoms with E-state index in [9.17, 15) is 14.4 Å². The summed E-state index contributed by atoms with van der Waals surface area (Å²) >= 11 is 0. The van der Waals surface area contributed by atoms with E-state index in [2.05, 4.69) is 13.0 Å². The van der Waals surface area contributed by atoms with Crippen molar-refractivity contribution < 1.29 is 28.6 Å². The van der Waals surface area contributed by atoms with Crippen molar-refractivity contribution in [3.8, 4) is 0 Å². The molecule has 0 radical (unpaired) electrons. The summed E-state index contributed by atoms with van der Waals surface area (Å²) in [6.45, 7) is 6.82. The minimum Gasteiger partial charge on any atom is -0.468 e. The van der Waals surface area contributed by atoms with Crippen LogP contribution in [0, 0.1) is 17.3 Å². The van der Waals surface area contributed by atoms with Gasteiger partial charge in [-0.25, -0.2) is 0 Å². The van der Waals surface area contributed by atoms with Gasteiger partial charge in [-0.15, -0.1) is 0 Å². The van der Waals surface area contributed by atoms with Crippen LogP contribution in [0.25, 0.3) is 0 Å². The highest BCUT2D eigenvalue weighted by molar-refractivity contribution is 5.92. The topological polar surface area (TPSA) is 85.4 Å². The van der Waals surface area contributed by atoms with E-state index in [1.807, 2.05) is 11.8 Å². The molecule has 8 heteroatoms. The van der Waals surface area contributed by atoms with E-state index in [1.54, 1.807) is 4.90 Å². The van der Waals surface area contributed by atoms with Gasteiger partial charge in [-0.05, 0) is 44.6 Å². The maximum atomic E-state index is 14.0. The summed E-state index contributed by atoms with van der Waals surface area (Å²) in [4.78, 5) is 44.5. The van der Waals surface area contributed by atoms with E-state index in [1.165, 1.54) is 39.2 Å². The summed E-state index contributed by atoms with van der Waals surface area (Å²) in [7, 11) is 1.41. The molecule has 3 aliphatic heterocycles. The lowest BCUT2D eigenvalue weighted by Gasteiger charge is -2.52. The molecule has 1 aliphatic carbocycles. The normalized spacial score (nSPS) is 30.2. The lowest BCUT2D eigenvalue weighted by molar-refractivity contribution is -0.178. The van der Waals surface area contributed by atoms with Crippen LogP contribution >= 0.6 is 0 Å². The molecule has 0 aromatic heterocycles. The van der Waals surface area contributed by atoms with Gasteiger partial charge < -0.3 is 24.0 Å². The second kappa shape index (κ2) is 13.4. The van der Waals surface area contributed by atoms with Crippen molar-refractivity contribution in [1.29, 1.82) is 0 Å². The average Bonchev–Trinajstić information content (AvgIpc) is 3.48. The number of carbonyl (C=O) groups excluding carboxylic acids is 3. The van der Waals surface area contributed by atoms with Crippen LogP contribution in [0.2, 0.25) is 0 Å². The van der Waals surface area contributed by atoms with E-state index in [4.69, 9.17) is 14.2 Å². The number of unbranched alkanes of at least 4 members (excludes halogenated alkanes) is 5. The van der Waals surface area contributed by atoms with E-state index >= 15 is 0 Å². The zero-order chi connectivity index (χ0) is 27.1. The number of hydrogen-bond donors (Lipinski definition) is 0. The second-order valence-electron chi connectivity index (χ2n) is 11.7. The molecule has 2 saturated heterocycles. The highest BCUT2D eigenvalue weighted by Crippen LogP contribution is 2.52. The summed E-state index contributed by atoms with van der Waals surface area (Å²) in [6.07, 6.45) is 13.1. The maximum absolute atomic E-state index is 14.0. The van der Waals surface area contributed by atoms with Crippen molar-refractivity contribution in [2.45, 2.75) is 103 Å². The number of ether oxygens (including phenoxy) is 3. The number of hydrogen-bond acceptors (Lipinski definition) is 6. The van der Waals surface area contributed by atoms with Gasteiger partial charge >= 0.3 is 5.97 Å². The molecule has 2 amide bonds. The first-order valence-corrected chi connectivity index (χ1v) is 15.1. The van der Waals surface area contributed by atoms with E-state index in [0.29, 0.717) is 38.8 Å². The van der Waals surface area contributed by atoms with Gasteiger partial charge in [0.15, 0.2) is 0 Å². The fourth-order valence-electron chi connectivity index (χ4n) is 6.98. The van der Waals surface area contributed by atoms with Crippen LogP contribution in [0.1, 0.15) is 90.9 Å². The first kappa shape index (κ1) is 29.1. The molecular formula is C30H48N2O6. The van der Waals surface area contributed by atoms with E-state index in [-0.39, 0.29) is 36.7 Å². The standard InChI is InChI=1S/C30H48N2O6/c1-4-5-6-7-8-11-14-32-26-20-25(23-12-9-10-13-23)38-22(2)30(26,29(35)36-3)21-24(28(32)34)19-27(33)31-15-17-37-18-16-31/h20,22-25H,4-19,21H2,1-3H3/t22-,24+,25-,30+/m1/s1. The van der Waals surface area contributed by atoms with Gasteiger partial charge in [0.2, 0.25) is 11.8 Å². The van der Waals surface area contributed by atoms with Crippen LogP contribution in [0.5, 0.6) is 0 Å². The molecule has 214 valence electrons. The Hall–Kier alpha value is -1.93. The number of nitrogens with zero attached hydrogens (tertiary/aromatic N) is 2. The highest BCUT2D eigenvalue weighted by atomic mass is 16.5. The van der Waals surface area contributed by atoms with Crippen LogP contribution in [-0.4, -0.2) is 79.7 Å². The number of fused-ring (bicyclic) bond motifs is 1. The van der Waals surface area contributed by atoms with E-state index in [0.717, 1.165) is 37.8 Å². The Balaban J connectivity index is 1.62. The largest absolute Gasteiger partial charge is 0.468 e. The highest BCUT2D eigenvalue weighted by Gasteiger charge is 2.60. The number of esters is 1. The third-order valence-electron chi connectivity index (χ3n) is 9.24. The molecule has 0 unspecified atom stereocenters. The Morgan fingerprint density at radius 1 is 1.08 bits per heavy atom. The number of morpholine rings is 1. The quantitative estimate of drug-likeness (QED) is 0.288. The first-order chi connectivity index (χ1) is 18.4. The maximum Gasteiger partial charge on any atom is 0.320 e. The van der Waals surface area contributed by atoms with Gasteiger partial charge in [-0.3, -0.25) is 14.4 Å². The van der Waals surface area contributed by atoms with Crippen molar-refractivity contribution in [3.05, 3.63) is 11.8 Å². The number of amides is 2. The van der Waals surface area contributed by atoms with Crippen LogP contribution in [0.4, 0.5) is 0 Å². The molecule has 8 nitrogen and oxygen atoms in total. The lowest BCUT2D eigenvalue weighted by atomic mass is 9.66. The van der Waals surface area contributed by atoms with Gasteiger partial charge in [0.25, 0.3) is 0 Å². The predicted molar refractivity (Wildman–Crippen MR) is 144 cm³/mol. The summed E-state index contributed by atoms with van der Waals surface area (Å²) in [5.41, 5.74) is -0.329. The molecule has 4 rings (SSSR count). The van der Waals surface area contributed by atoms with Crippen molar-refractivity contribution in [1.82, 2.24) is 9.80 Å². The van der Waals surface area contributed by atoms with Crippen LogP contribution < -0.4 is 0 Å². The smallest absolute Gasteiger partial charge is 0.320 e. The zero-order valence-corrected chi connectivity index (χ0v) is 23.8. The molecule has 3 heterocycles. The van der Waals surface area contributed by atoms with Gasteiger partial charge in [0.05, 0.1) is 32.5 Å². The summed E-state index contributed by atoms with van der Waals surface area (Å²) in [6, 6.07) is 0. The van der Waals surface area contributed by atoms with Crippen LogP contribution in [-0.2, 0) is 28.6 Å². The number of methoxy groups -OCH3 is 1. The number of carbonyl (C=O) groups is 3. The molecule has 4 atom stereocenters. The monoisotopic (exact) mass is 532 g/mol. The Morgan fingerprint density at radius 3 is 2.45 bits per heavy atom. The minimum atomic E-state index is -1.09. The molecule has 1 saturated carbocycles. The molecule has 38 heavy (non-hydrogen) atoms. The Morgan fingerprint density at radius 2 is 1.76 bits per heavy atom. The fourth-order valence-corrected chi connectivity index (χ4v) is 6.98. The lowest BCUT2D eigenvalue weighted by Crippen LogP contribution is -2.61. The molecule has 3 fully saturated rings. The number of rotatable bonds is 11. The third-order valence-corrected chi connectivity index (χ3v) is 9.24. The first-order valence-electron chi connectivity index (χ1n) is 15.1. The fraction of sp³-hybridized carbons (Fsp3) is 0.833. The molecule has 0 aromatic carbocycles. The van der Waals surface area contributed by atoms with Crippen molar-refractivity contribution >= 4 is 17.8 Å². The summed E-state index contributed by atoms with van der Waals surface area (Å²) < 4.78 is 17.4. The third kappa shape index (κ3) is 6.11. The van der Waals surface area contributed by atoms with Crippen LogP contribution in [0.15, 0.2) is 11.8 Å². The van der Waals surface area contributed by atoms with Gasteiger partial charge in [0, 0.05) is 37.7 Å². The van der Waals surface area contributed by atoms with Crippen LogP contribution in [0.3, 0.4) is 0 Å². The molecule has 0 bridgehead atoms. The summed E-state index contributed by atoms with van der Waals surface area (Å²) in [5.74, 6) is -0.634. The molecular weight excluding hydrogens is 484 g/mol.